The molecule has 1 fully saturated rings. The van der Waals surface area contributed by atoms with Crippen molar-refractivity contribution in [1.82, 2.24) is 4.90 Å². The Morgan fingerprint density at radius 3 is 2.45 bits per heavy atom. The molecule has 1 saturated heterocycles. The molecule has 0 spiro atoms. The smallest absolute Gasteiger partial charge is 0.263 e. The number of nitrogens with one attached hydrogen (secondary N) is 1. The number of rotatable bonds is 6. The number of carbonyl (C=O) groups is 1. The molecule has 0 radical (unpaired) electrons. The Bertz CT molecular complexity index is 1270. The molecule has 1 aliphatic rings. The SMILES string of the molecule is Cc1cccc(C)c1C(=O)N1CC[C@H](Oc2cccc(NS(=O)(=O)c3ccccc3Cl)c2)C1. The minimum absolute atomic E-state index is 0.00874. The van der Waals surface area contributed by atoms with Gasteiger partial charge in [0.1, 0.15) is 16.7 Å². The number of hydrogen-bond donors (Lipinski definition) is 1. The van der Waals surface area contributed by atoms with Gasteiger partial charge in [0.2, 0.25) is 0 Å². The van der Waals surface area contributed by atoms with Gasteiger partial charge in [0.25, 0.3) is 15.9 Å². The molecule has 1 amide bonds. The number of ether oxygens (including phenoxy) is 1. The number of aryl methyl sites for hydroxylation is 2. The van der Waals surface area contributed by atoms with E-state index in [-0.39, 0.29) is 21.9 Å². The third-order valence-electron chi connectivity index (χ3n) is 5.64. The molecule has 4 rings (SSSR count). The number of anilines is 1. The molecule has 1 N–H and O–H groups in total. The van der Waals surface area contributed by atoms with Crippen molar-refractivity contribution in [3.05, 3.63) is 88.4 Å². The van der Waals surface area contributed by atoms with Gasteiger partial charge in [-0.25, -0.2) is 8.42 Å². The van der Waals surface area contributed by atoms with Crippen LogP contribution < -0.4 is 9.46 Å². The maximum Gasteiger partial charge on any atom is 0.263 e. The molecular weight excluding hydrogens is 460 g/mol. The van der Waals surface area contributed by atoms with E-state index in [0.717, 1.165) is 16.7 Å². The molecule has 33 heavy (non-hydrogen) atoms. The number of likely N-dealkylation sites (tertiary alicyclic amines) is 1. The van der Waals surface area contributed by atoms with Crippen LogP contribution in [0.15, 0.2) is 71.6 Å². The van der Waals surface area contributed by atoms with E-state index in [1.54, 1.807) is 36.4 Å². The molecule has 172 valence electrons. The molecule has 1 atom stereocenters. The second-order valence-corrected chi connectivity index (χ2v) is 10.2. The van der Waals surface area contributed by atoms with Crippen LogP contribution in [0.4, 0.5) is 5.69 Å². The van der Waals surface area contributed by atoms with Gasteiger partial charge in [0.15, 0.2) is 0 Å². The van der Waals surface area contributed by atoms with E-state index in [0.29, 0.717) is 30.9 Å². The van der Waals surface area contributed by atoms with Gasteiger partial charge < -0.3 is 9.64 Å². The van der Waals surface area contributed by atoms with Crippen molar-refractivity contribution >= 4 is 33.2 Å². The van der Waals surface area contributed by atoms with Crippen molar-refractivity contribution in [2.45, 2.75) is 31.3 Å². The molecule has 6 nitrogen and oxygen atoms in total. The van der Waals surface area contributed by atoms with Crippen LogP contribution in [-0.4, -0.2) is 38.4 Å². The van der Waals surface area contributed by atoms with Crippen LogP contribution in [0.1, 0.15) is 27.9 Å². The van der Waals surface area contributed by atoms with E-state index < -0.39 is 10.0 Å². The molecule has 0 bridgehead atoms. The summed E-state index contributed by atoms with van der Waals surface area (Å²) in [6.45, 7) is 4.97. The van der Waals surface area contributed by atoms with Crippen molar-refractivity contribution in [3.8, 4) is 5.75 Å². The topological polar surface area (TPSA) is 75.7 Å². The van der Waals surface area contributed by atoms with Gasteiger partial charge in [0, 0.05) is 24.6 Å². The summed E-state index contributed by atoms with van der Waals surface area (Å²) in [7, 11) is -3.84. The normalized spacial score (nSPS) is 16.0. The van der Waals surface area contributed by atoms with Crippen LogP contribution >= 0.6 is 11.6 Å². The third-order valence-corrected chi connectivity index (χ3v) is 7.52. The lowest BCUT2D eigenvalue weighted by Gasteiger charge is -2.20. The first-order valence-corrected chi connectivity index (χ1v) is 12.5. The van der Waals surface area contributed by atoms with E-state index in [9.17, 15) is 13.2 Å². The zero-order valence-electron chi connectivity index (χ0n) is 18.4. The first-order valence-electron chi connectivity index (χ1n) is 10.6. The van der Waals surface area contributed by atoms with Crippen molar-refractivity contribution in [2.75, 3.05) is 17.8 Å². The van der Waals surface area contributed by atoms with E-state index in [2.05, 4.69) is 4.72 Å². The molecule has 3 aromatic carbocycles. The zero-order valence-corrected chi connectivity index (χ0v) is 20.0. The molecule has 1 aliphatic heterocycles. The van der Waals surface area contributed by atoms with Crippen molar-refractivity contribution in [1.29, 1.82) is 0 Å². The molecule has 0 aliphatic carbocycles. The minimum atomic E-state index is -3.84. The van der Waals surface area contributed by atoms with Crippen LogP contribution in [0.25, 0.3) is 0 Å². The van der Waals surface area contributed by atoms with Crippen LogP contribution in [0.2, 0.25) is 5.02 Å². The van der Waals surface area contributed by atoms with Crippen molar-refractivity contribution < 1.29 is 17.9 Å². The van der Waals surface area contributed by atoms with Gasteiger partial charge in [-0.1, -0.05) is 48.0 Å². The number of sulfonamides is 1. The van der Waals surface area contributed by atoms with E-state index in [1.807, 2.05) is 36.9 Å². The Kier molecular flexibility index (Phi) is 6.63. The van der Waals surface area contributed by atoms with Gasteiger partial charge in [-0.05, 0) is 49.2 Å². The third kappa shape index (κ3) is 5.15. The lowest BCUT2D eigenvalue weighted by molar-refractivity contribution is 0.0771. The van der Waals surface area contributed by atoms with Crippen LogP contribution in [-0.2, 0) is 10.0 Å². The number of benzene rings is 3. The number of hydrogen-bond acceptors (Lipinski definition) is 4. The first-order chi connectivity index (χ1) is 15.7. The molecule has 8 heteroatoms. The quantitative estimate of drug-likeness (QED) is 0.531. The summed E-state index contributed by atoms with van der Waals surface area (Å²) in [5, 5.41) is 0.150. The van der Waals surface area contributed by atoms with Crippen molar-refractivity contribution in [3.63, 3.8) is 0 Å². The summed E-state index contributed by atoms with van der Waals surface area (Å²) >= 11 is 6.05. The molecule has 0 aromatic heterocycles. The molecule has 0 unspecified atom stereocenters. The van der Waals surface area contributed by atoms with Crippen LogP contribution in [0, 0.1) is 13.8 Å². The highest BCUT2D eigenvalue weighted by Gasteiger charge is 2.29. The second-order valence-electron chi connectivity index (χ2n) is 8.11. The number of halogens is 1. The van der Waals surface area contributed by atoms with Gasteiger partial charge >= 0.3 is 0 Å². The van der Waals surface area contributed by atoms with E-state index in [1.165, 1.54) is 12.1 Å². The predicted octanol–water partition coefficient (Wildman–Crippen LogP) is 5.05. The number of carbonyl (C=O) groups excluding carboxylic acids is 1. The Balaban J connectivity index is 1.43. The van der Waals surface area contributed by atoms with Crippen LogP contribution in [0.3, 0.4) is 0 Å². The second kappa shape index (κ2) is 9.45. The fourth-order valence-electron chi connectivity index (χ4n) is 4.02. The fourth-order valence-corrected chi connectivity index (χ4v) is 5.59. The molecular formula is C25H25ClN2O4S. The number of nitrogens with zero attached hydrogens (tertiary/aromatic N) is 1. The lowest BCUT2D eigenvalue weighted by Crippen LogP contribution is -2.31. The molecule has 1 heterocycles. The Morgan fingerprint density at radius 1 is 1.03 bits per heavy atom. The average molecular weight is 485 g/mol. The van der Waals surface area contributed by atoms with E-state index in [4.69, 9.17) is 16.3 Å². The maximum atomic E-state index is 13.0. The summed E-state index contributed by atoms with van der Waals surface area (Å²) < 4.78 is 34.0. The first kappa shape index (κ1) is 23.1. The van der Waals surface area contributed by atoms with Gasteiger partial charge in [-0.3, -0.25) is 9.52 Å². The lowest BCUT2D eigenvalue weighted by atomic mass is 10.0. The highest BCUT2D eigenvalue weighted by atomic mass is 35.5. The van der Waals surface area contributed by atoms with Gasteiger partial charge in [-0.2, -0.15) is 0 Å². The fraction of sp³-hybridized carbons (Fsp3) is 0.240. The number of amides is 1. The summed E-state index contributed by atoms with van der Waals surface area (Å²) in [6.07, 6.45) is 0.528. The predicted molar refractivity (Wildman–Crippen MR) is 130 cm³/mol. The van der Waals surface area contributed by atoms with Gasteiger partial charge in [0.05, 0.1) is 17.3 Å². The molecule has 0 saturated carbocycles. The van der Waals surface area contributed by atoms with Gasteiger partial charge in [-0.15, -0.1) is 0 Å². The summed E-state index contributed by atoms with van der Waals surface area (Å²) in [5.41, 5.74) is 3.04. The summed E-state index contributed by atoms with van der Waals surface area (Å²) in [4.78, 5) is 14.9. The average Bonchev–Trinajstić information content (AvgIpc) is 3.22. The highest BCUT2D eigenvalue weighted by Crippen LogP contribution is 2.27. The van der Waals surface area contributed by atoms with Crippen molar-refractivity contribution in [2.24, 2.45) is 0 Å². The Hall–Kier alpha value is -3.03. The summed E-state index contributed by atoms with van der Waals surface area (Å²) in [6, 6.07) is 18.9. The standard InChI is InChI=1S/C25H25ClN2O4S/c1-17-7-5-8-18(2)24(17)25(29)28-14-13-21(16-28)32-20-10-6-9-19(15-20)27-33(30,31)23-12-4-3-11-22(23)26/h3-12,15,21,27H,13-14,16H2,1-2H3/t21-/m0/s1. The summed E-state index contributed by atoms with van der Waals surface area (Å²) in [5.74, 6) is 0.540. The molecule has 3 aromatic rings. The maximum absolute atomic E-state index is 13.0. The Morgan fingerprint density at radius 2 is 1.73 bits per heavy atom. The van der Waals surface area contributed by atoms with Crippen LogP contribution in [0.5, 0.6) is 5.75 Å². The highest BCUT2D eigenvalue weighted by molar-refractivity contribution is 7.92. The largest absolute Gasteiger partial charge is 0.488 e. The zero-order chi connectivity index (χ0) is 23.6. The van der Waals surface area contributed by atoms with E-state index >= 15 is 0 Å². The minimum Gasteiger partial charge on any atom is -0.488 e. The monoisotopic (exact) mass is 484 g/mol. The Labute approximate surface area is 199 Å².